The molecule has 0 rings (SSSR count). The van der Waals surface area contributed by atoms with Gasteiger partial charge in [0, 0.05) is 25.7 Å². The summed E-state index contributed by atoms with van der Waals surface area (Å²) < 4.78 is 68.7. The number of hydrogen-bond donors (Lipinski definition) is 3. The maximum absolute atomic E-state index is 13.1. The smallest absolute Gasteiger partial charge is 0.462 e. The van der Waals surface area contributed by atoms with Crippen LogP contribution in [0.25, 0.3) is 0 Å². The van der Waals surface area contributed by atoms with E-state index >= 15 is 0 Å². The number of aliphatic hydroxyl groups is 1. The minimum absolute atomic E-state index is 0.106. The van der Waals surface area contributed by atoms with Gasteiger partial charge in [-0.15, -0.1) is 0 Å². The molecule has 0 fully saturated rings. The molecular formula is C81H158O17P2. The summed E-state index contributed by atoms with van der Waals surface area (Å²) in [5, 5.41) is 10.6. The molecule has 0 aromatic carbocycles. The van der Waals surface area contributed by atoms with Gasteiger partial charge in [-0.3, -0.25) is 37.3 Å². The first-order valence-corrected chi connectivity index (χ1v) is 44.7. The van der Waals surface area contributed by atoms with Crippen LogP contribution in [0.2, 0.25) is 0 Å². The number of phosphoric acid groups is 2. The van der Waals surface area contributed by atoms with Crippen molar-refractivity contribution in [3.8, 4) is 0 Å². The molecule has 0 amide bonds. The molecule has 0 saturated heterocycles. The first-order chi connectivity index (χ1) is 48.1. The van der Waals surface area contributed by atoms with E-state index in [9.17, 15) is 43.2 Å². The van der Waals surface area contributed by atoms with Gasteiger partial charge in [-0.25, -0.2) is 9.13 Å². The fourth-order valence-corrected chi connectivity index (χ4v) is 14.0. The Labute approximate surface area is 613 Å². The number of carbonyl (C=O) groups is 4. The predicted molar refractivity (Wildman–Crippen MR) is 409 cm³/mol. The zero-order valence-electron chi connectivity index (χ0n) is 65.8. The van der Waals surface area contributed by atoms with Gasteiger partial charge in [0.25, 0.3) is 0 Å². The summed E-state index contributed by atoms with van der Waals surface area (Å²) in [7, 11) is -9.92. The average molecular weight is 1470 g/mol. The molecule has 0 radical (unpaired) electrons. The molecule has 594 valence electrons. The monoisotopic (exact) mass is 1470 g/mol. The first kappa shape index (κ1) is 98.1. The number of esters is 4. The van der Waals surface area contributed by atoms with Crippen molar-refractivity contribution in [1.82, 2.24) is 0 Å². The van der Waals surface area contributed by atoms with Crippen LogP contribution in [-0.4, -0.2) is 96.7 Å². The summed E-state index contributed by atoms with van der Waals surface area (Å²) in [6.45, 7) is 14.3. The Kier molecular flexibility index (Phi) is 68.7. The highest BCUT2D eigenvalue weighted by Gasteiger charge is 2.30. The maximum atomic E-state index is 13.1. The van der Waals surface area contributed by atoms with Gasteiger partial charge in [0.15, 0.2) is 12.2 Å². The van der Waals surface area contributed by atoms with Crippen molar-refractivity contribution in [3.63, 3.8) is 0 Å². The normalized spacial score (nSPS) is 14.3. The highest BCUT2D eigenvalue weighted by Crippen LogP contribution is 2.45. The van der Waals surface area contributed by atoms with E-state index in [2.05, 4.69) is 55.4 Å². The Balaban J connectivity index is 5.23. The van der Waals surface area contributed by atoms with Crippen molar-refractivity contribution in [3.05, 3.63) is 0 Å². The molecule has 0 bridgehead atoms. The van der Waals surface area contributed by atoms with Gasteiger partial charge in [-0.05, 0) is 49.4 Å². The summed E-state index contributed by atoms with van der Waals surface area (Å²) in [4.78, 5) is 73.0. The Morgan fingerprint density at radius 2 is 0.480 bits per heavy atom. The van der Waals surface area contributed by atoms with Crippen molar-refractivity contribution in [2.75, 3.05) is 39.6 Å². The second kappa shape index (κ2) is 70.1. The number of ether oxygens (including phenoxy) is 4. The summed E-state index contributed by atoms with van der Waals surface area (Å²) in [5.41, 5.74) is 0. The fourth-order valence-electron chi connectivity index (χ4n) is 12.4. The van der Waals surface area contributed by atoms with Crippen molar-refractivity contribution in [2.45, 2.75) is 433 Å². The molecule has 19 heteroatoms. The molecule has 0 heterocycles. The molecule has 0 aromatic rings. The molecule has 17 nitrogen and oxygen atoms in total. The Morgan fingerprint density at radius 1 is 0.280 bits per heavy atom. The fraction of sp³-hybridized carbons (Fsp3) is 0.951. The molecule has 0 aliphatic heterocycles. The van der Waals surface area contributed by atoms with Crippen LogP contribution in [0.15, 0.2) is 0 Å². The number of phosphoric ester groups is 2. The van der Waals surface area contributed by atoms with Crippen molar-refractivity contribution < 1.29 is 80.2 Å². The molecule has 0 spiro atoms. The van der Waals surface area contributed by atoms with Gasteiger partial charge in [0.2, 0.25) is 0 Å². The minimum atomic E-state index is -4.96. The molecule has 6 atom stereocenters. The summed E-state index contributed by atoms with van der Waals surface area (Å²) in [5.74, 6) is 0.996. The zero-order valence-corrected chi connectivity index (χ0v) is 67.6. The lowest BCUT2D eigenvalue weighted by molar-refractivity contribution is -0.161. The van der Waals surface area contributed by atoms with E-state index in [1.807, 2.05) is 0 Å². The van der Waals surface area contributed by atoms with Gasteiger partial charge < -0.3 is 33.8 Å². The lowest BCUT2D eigenvalue weighted by Gasteiger charge is -2.21. The third-order valence-corrected chi connectivity index (χ3v) is 21.1. The SMILES string of the molecule is CCC(C)CCCCCCCCCCCCC(=O)OC[C@H](COP(=O)(O)OCC(O)COP(=O)(O)OC[C@@H](COC(=O)CCCCCCCCCC(C)C)OC(=O)CCCCCCCCCCCCCCC(C)C)OC(=O)CCCCCCCCCCCCCCCCCCCCC(C)C. The Hall–Kier alpha value is -1.94. The minimum Gasteiger partial charge on any atom is -0.462 e. The van der Waals surface area contributed by atoms with E-state index in [0.717, 1.165) is 114 Å². The summed E-state index contributed by atoms with van der Waals surface area (Å²) in [6, 6.07) is 0. The lowest BCUT2D eigenvalue weighted by atomic mass is 9.99. The summed E-state index contributed by atoms with van der Waals surface area (Å²) in [6.07, 6.45) is 56.9. The first-order valence-electron chi connectivity index (χ1n) is 41.7. The highest BCUT2D eigenvalue weighted by molar-refractivity contribution is 7.47. The molecule has 4 unspecified atom stereocenters. The third-order valence-electron chi connectivity index (χ3n) is 19.2. The number of hydrogen-bond acceptors (Lipinski definition) is 15. The van der Waals surface area contributed by atoms with Gasteiger partial charge in [-0.2, -0.15) is 0 Å². The average Bonchev–Trinajstić information content (AvgIpc) is 0.914. The lowest BCUT2D eigenvalue weighted by Crippen LogP contribution is -2.30. The highest BCUT2D eigenvalue weighted by atomic mass is 31.2. The second-order valence-electron chi connectivity index (χ2n) is 30.8. The molecule has 100 heavy (non-hydrogen) atoms. The van der Waals surface area contributed by atoms with Crippen LogP contribution in [0.1, 0.15) is 415 Å². The van der Waals surface area contributed by atoms with Crippen LogP contribution in [0.5, 0.6) is 0 Å². The molecule has 0 aliphatic carbocycles. The van der Waals surface area contributed by atoms with Gasteiger partial charge in [0.1, 0.15) is 19.3 Å². The molecule has 0 aromatic heterocycles. The Morgan fingerprint density at radius 3 is 0.710 bits per heavy atom. The van der Waals surface area contributed by atoms with E-state index in [1.54, 1.807) is 0 Å². The van der Waals surface area contributed by atoms with Crippen LogP contribution in [0, 0.1) is 23.7 Å². The van der Waals surface area contributed by atoms with Crippen molar-refractivity contribution in [1.29, 1.82) is 0 Å². The quantitative estimate of drug-likeness (QED) is 0.0222. The van der Waals surface area contributed by atoms with Gasteiger partial charge in [-0.1, -0.05) is 364 Å². The third kappa shape index (κ3) is 73.0. The number of unbranched alkanes of at least 4 members (excludes halogenated alkanes) is 43. The largest absolute Gasteiger partial charge is 0.472 e. The van der Waals surface area contributed by atoms with Crippen LogP contribution in [-0.2, 0) is 65.4 Å². The summed E-state index contributed by atoms with van der Waals surface area (Å²) >= 11 is 0. The van der Waals surface area contributed by atoms with Crippen LogP contribution in [0.4, 0.5) is 0 Å². The van der Waals surface area contributed by atoms with E-state index in [1.165, 1.54) is 212 Å². The van der Waals surface area contributed by atoms with E-state index in [-0.39, 0.29) is 25.7 Å². The van der Waals surface area contributed by atoms with Crippen molar-refractivity contribution >= 4 is 39.5 Å². The molecule has 0 saturated carbocycles. The van der Waals surface area contributed by atoms with Crippen LogP contribution < -0.4 is 0 Å². The van der Waals surface area contributed by atoms with Crippen LogP contribution >= 0.6 is 15.6 Å². The van der Waals surface area contributed by atoms with Crippen LogP contribution in [0.3, 0.4) is 0 Å². The Bertz CT molecular complexity index is 1960. The molecular weight excluding hydrogens is 1310 g/mol. The predicted octanol–water partition coefficient (Wildman–Crippen LogP) is 24.0. The van der Waals surface area contributed by atoms with E-state index in [4.69, 9.17) is 37.0 Å². The van der Waals surface area contributed by atoms with E-state index < -0.39 is 97.5 Å². The van der Waals surface area contributed by atoms with Gasteiger partial charge >= 0.3 is 39.5 Å². The maximum Gasteiger partial charge on any atom is 0.472 e. The van der Waals surface area contributed by atoms with Gasteiger partial charge in [0.05, 0.1) is 26.4 Å². The molecule has 3 N–H and O–H groups in total. The number of aliphatic hydroxyl groups excluding tert-OH is 1. The second-order valence-corrected chi connectivity index (χ2v) is 33.7. The zero-order chi connectivity index (χ0) is 73.8. The number of rotatable bonds is 78. The van der Waals surface area contributed by atoms with Crippen molar-refractivity contribution in [2.24, 2.45) is 23.7 Å². The number of carbonyl (C=O) groups excluding carboxylic acids is 4. The van der Waals surface area contributed by atoms with E-state index in [0.29, 0.717) is 31.6 Å². The topological polar surface area (TPSA) is 237 Å². The molecule has 0 aliphatic rings. The standard InChI is InChI=1S/C81H158O17P2/c1-9-74(8)60-52-44-36-28-24-25-29-37-45-53-61-78(83)91-67-76(97-80(85)63-55-47-38-30-22-17-15-13-11-10-12-14-16-20-26-33-41-49-57-71(2)3)69-95-99(87,88)93-65-75(82)66-94-100(89,90)96-70-77(68-92-79(84)62-54-46-40-32-35-43-51-59-73(6)7)98-81(86)64-56-48-39-31-23-19-18-21-27-34-42-50-58-72(4)5/h71-77,82H,9-70H2,1-8H3,(H,87,88)(H,89,90)/t74?,75?,76-,77-/m1/s1.